The van der Waals surface area contributed by atoms with Gasteiger partial charge in [0.25, 0.3) is 0 Å². The third-order valence-corrected chi connectivity index (χ3v) is 5.16. The molecule has 0 aromatic rings. The van der Waals surface area contributed by atoms with Crippen molar-refractivity contribution >= 4 is 0 Å². The van der Waals surface area contributed by atoms with Crippen molar-refractivity contribution in [3.63, 3.8) is 0 Å². The van der Waals surface area contributed by atoms with Gasteiger partial charge in [0.1, 0.15) is 0 Å². The first-order chi connectivity index (χ1) is 7.33. The zero-order valence-corrected chi connectivity index (χ0v) is 11.2. The van der Waals surface area contributed by atoms with Gasteiger partial charge >= 0.3 is 0 Å². The second kappa shape index (κ2) is 3.87. The van der Waals surface area contributed by atoms with Gasteiger partial charge in [-0.2, -0.15) is 0 Å². The van der Waals surface area contributed by atoms with Crippen LogP contribution in [-0.4, -0.2) is 10.7 Å². The van der Waals surface area contributed by atoms with Crippen LogP contribution in [0.1, 0.15) is 59.8 Å². The van der Waals surface area contributed by atoms with Crippen molar-refractivity contribution in [1.29, 1.82) is 0 Å². The molecule has 3 atom stereocenters. The maximum atomic E-state index is 10.2. The number of rotatable bonds is 1. The Morgan fingerprint density at radius 2 is 2.06 bits per heavy atom. The SMILES string of the molecule is CC1=CCC[C@]2(C)CC[C@@H](C(C)(C)O)CC12. The molecule has 2 aliphatic rings. The molecule has 1 N–H and O–H groups in total. The Balaban J connectivity index is 2.18. The van der Waals surface area contributed by atoms with E-state index in [2.05, 4.69) is 19.9 Å². The van der Waals surface area contributed by atoms with Crippen molar-refractivity contribution in [2.45, 2.75) is 65.4 Å². The molecule has 0 aromatic heterocycles. The Labute approximate surface area is 99.9 Å². The van der Waals surface area contributed by atoms with E-state index in [4.69, 9.17) is 0 Å². The van der Waals surface area contributed by atoms with Crippen LogP contribution in [0.4, 0.5) is 0 Å². The molecule has 92 valence electrons. The van der Waals surface area contributed by atoms with Gasteiger partial charge in [0.15, 0.2) is 0 Å². The van der Waals surface area contributed by atoms with Crippen LogP contribution in [-0.2, 0) is 0 Å². The van der Waals surface area contributed by atoms with Gasteiger partial charge in [0.05, 0.1) is 5.60 Å². The topological polar surface area (TPSA) is 20.2 Å². The van der Waals surface area contributed by atoms with E-state index in [0.717, 1.165) is 0 Å². The molecule has 1 nitrogen and oxygen atoms in total. The van der Waals surface area contributed by atoms with Crippen molar-refractivity contribution < 1.29 is 5.11 Å². The first-order valence-electron chi connectivity index (χ1n) is 6.72. The highest BCUT2D eigenvalue weighted by molar-refractivity contribution is 5.15. The number of hydrogen-bond acceptors (Lipinski definition) is 1. The predicted molar refractivity (Wildman–Crippen MR) is 68.2 cm³/mol. The second-order valence-corrected chi connectivity index (χ2v) is 6.82. The summed E-state index contributed by atoms with van der Waals surface area (Å²) in [5, 5.41) is 10.2. The molecule has 1 heteroatoms. The number of aliphatic hydroxyl groups is 1. The Bertz CT molecular complexity index is 297. The van der Waals surface area contributed by atoms with Gasteiger partial charge < -0.3 is 5.11 Å². The molecule has 0 spiro atoms. The van der Waals surface area contributed by atoms with E-state index in [1.165, 1.54) is 32.1 Å². The van der Waals surface area contributed by atoms with Gasteiger partial charge in [-0.15, -0.1) is 0 Å². The third-order valence-electron chi connectivity index (χ3n) is 5.16. The van der Waals surface area contributed by atoms with Gasteiger partial charge in [-0.05, 0) is 70.1 Å². The minimum absolute atomic E-state index is 0.479. The van der Waals surface area contributed by atoms with Crippen molar-refractivity contribution in [2.24, 2.45) is 17.3 Å². The van der Waals surface area contributed by atoms with E-state index in [-0.39, 0.29) is 0 Å². The minimum Gasteiger partial charge on any atom is -0.390 e. The molecule has 1 fully saturated rings. The lowest BCUT2D eigenvalue weighted by Crippen LogP contribution is -2.43. The summed E-state index contributed by atoms with van der Waals surface area (Å²) in [5.41, 5.74) is 1.59. The van der Waals surface area contributed by atoms with Gasteiger partial charge in [-0.25, -0.2) is 0 Å². The lowest BCUT2D eigenvalue weighted by Gasteiger charge is -2.49. The van der Waals surface area contributed by atoms with Crippen molar-refractivity contribution in [2.75, 3.05) is 0 Å². The van der Waals surface area contributed by atoms with E-state index in [1.54, 1.807) is 5.57 Å². The van der Waals surface area contributed by atoms with E-state index in [0.29, 0.717) is 17.3 Å². The summed E-state index contributed by atoms with van der Waals surface area (Å²) in [6.45, 7) is 8.69. The maximum Gasteiger partial charge on any atom is 0.0620 e. The van der Waals surface area contributed by atoms with Gasteiger partial charge in [0.2, 0.25) is 0 Å². The van der Waals surface area contributed by atoms with Crippen LogP contribution in [0.3, 0.4) is 0 Å². The highest BCUT2D eigenvalue weighted by Crippen LogP contribution is 2.53. The van der Waals surface area contributed by atoms with Crippen LogP contribution in [0.5, 0.6) is 0 Å². The summed E-state index contributed by atoms with van der Waals surface area (Å²) in [7, 11) is 0. The predicted octanol–water partition coefficient (Wildman–Crippen LogP) is 3.92. The van der Waals surface area contributed by atoms with E-state index in [1.807, 2.05) is 13.8 Å². The fourth-order valence-electron chi connectivity index (χ4n) is 3.81. The quantitative estimate of drug-likeness (QED) is 0.667. The van der Waals surface area contributed by atoms with E-state index < -0.39 is 5.60 Å². The average Bonchev–Trinajstić information content (AvgIpc) is 2.15. The van der Waals surface area contributed by atoms with Crippen molar-refractivity contribution in [3.8, 4) is 0 Å². The van der Waals surface area contributed by atoms with E-state index >= 15 is 0 Å². The summed E-state index contributed by atoms with van der Waals surface area (Å²) in [4.78, 5) is 0. The summed E-state index contributed by atoms with van der Waals surface area (Å²) >= 11 is 0. The molecular formula is C15H26O. The van der Waals surface area contributed by atoms with Crippen LogP contribution >= 0.6 is 0 Å². The molecule has 0 aromatic carbocycles. The van der Waals surface area contributed by atoms with Gasteiger partial charge in [0, 0.05) is 0 Å². The van der Waals surface area contributed by atoms with Crippen molar-refractivity contribution in [3.05, 3.63) is 11.6 Å². The molecule has 2 rings (SSSR count). The Hall–Kier alpha value is -0.300. The minimum atomic E-state index is -0.501. The Morgan fingerprint density at radius 1 is 1.38 bits per heavy atom. The molecule has 0 saturated heterocycles. The standard InChI is InChI=1S/C15H26O/c1-11-6-5-8-15(4)9-7-12(10-13(11)15)14(2,3)16/h6,12-13,16H,5,7-10H2,1-4H3/t12-,13?,15-/m1/s1. The summed E-state index contributed by atoms with van der Waals surface area (Å²) in [6.07, 6.45) is 8.68. The zero-order chi connectivity index (χ0) is 12.0. The van der Waals surface area contributed by atoms with Crippen molar-refractivity contribution in [1.82, 2.24) is 0 Å². The van der Waals surface area contributed by atoms with Crippen LogP contribution in [0.2, 0.25) is 0 Å². The lowest BCUT2D eigenvalue weighted by molar-refractivity contribution is -0.0373. The summed E-state index contributed by atoms with van der Waals surface area (Å²) < 4.78 is 0. The molecule has 1 unspecified atom stereocenters. The first kappa shape index (κ1) is 12.2. The van der Waals surface area contributed by atoms with Crippen LogP contribution in [0, 0.1) is 17.3 Å². The smallest absolute Gasteiger partial charge is 0.0620 e. The van der Waals surface area contributed by atoms with Crippen LogP contribution in [0.25, 0.3) is 0 Å². The molecule has 0 amide bonds. The molecule has 1 saturated carbocycles. The first-order valence-corrected chi connectivity index (χ1v) is 6.72. The molecule has 0 radical (unpaired) electrons. The Morgan fingerprint density at radius 3 is 2.69 bits per heavy atom. The molecule has 16 heavy (non-hydrogen) atoms. The molecular weight excluding hydrogens is 196 g/mol. The molecule has 0 heterocycles. The van der Waals surface area contributed by atoms with Gasteiger partial charge in [-0.1, -0.05) is 18.6 Å². The summed E-state index contributed by atoms with van der Waals surface area (Å²) in [6, 6.07) is 0. The molecule has 2 aliphatic carbocycles. The zero-order valence-electron chi connectivity index (χ0n) is 11.2. The second-order valence-electron chi connectivity index (χ2n) is 6.82. The monoisotopic (exact) mass is 222 g/mol. The Kier molecular flexibility index (Phi) is 2.94. The normalized spacial score (nSPS) is 40.2. The average molecular weight is 222 g/mol. The fraction of sp³-hybridized carbons (Fsp3) is 0.867. The van der Waals surface area contributed by atoms with Gasteiger partial charge in [-0.3, -0.25) is 0 Å². The molecule has 0 bridgehead atoms. The lowest BCUT2D eigenvalue weighted by atomic mass is 9.56. The van der Waals surface area contributed by atoms with Crippen LogP contribution < -0.4 is 0 Å². The number of allylic oxidation sites excluding steroid dienone is 2. The largest absolute Gasteiger partial charge is 0.390 e. The highest BCUT2D eigenvalue weighted by atomic mass is 16.3. The summed E-state index contributed by atoms with van der Waals surface area (Å²) in [5.74, 6) is 1.19. The number of fused-ring (bicyclic) bond motifs is 1. The molecule has 0 aliphatic heterocycles. The highest BCUT2D eigenvalue weighted by Gasteiger charge is 2.44. The van der Waals surface area contributed by atoms with E-state index in [9.17, 15) is 5.11 Å². The fourth-order valence-corrected chi connectivity index (χ4v) is 3.81. The number of hydrogen-bond donors (Lipinski definition) is 1. The maximum absolute atomic E-state index is 10.2. The third kappa shape index (κ3) is 2.07. The van der Waals surface area contributed by atoms with Crippen LogP contribution in [0.15, 0.2) is 11.6 Å².